The molecule has 19 heavy (non-hydrogen) atoms. The standard InChI is InChI=1S/C16H18ClNS/c1-12-4-3-5-14(8-12)11-19-16-7-6-13(10-18-2)9-15(16)17/h3-9,18H,10-11H2,1-2H3. The predicted molar refractivity (Wildman–Crippen MR) is 85.0 cm³/mol. The second-order valence-corrected chi connectivity index (χ2v) is 6.00. The third-order valence-corrected chi connectivity index (χ3v) is 4.42. The molecule has 0 aromatic heterocycles. The number of hydrogen-bond donors (Lipinski definition) is 1. The Bertz CT molecular complexity index is 554. The van der Waals surface area contributed by atoms with Crippen molar-refractivity contribution < 1.29 is 0 Å². The molecule has 0 heterocycles. The van der Waals surface area contributed by atoms with Gasteiger partial charge in [-0.05, 0) is 37.2 Å². The van der Waals surface area contributed by atoms with Crippen LogP contribution in [0.3, 0.4) is 0 Å². The van der Waals surface area contributed by atoms with Gasteiger partial charge in [0.2, 0.25) is 0 Å². The lowest BCUT2D eigenvalue weighted by Crippen LogP contribution is -2.04. The van der Waals surface area contributed by atoms with Crippen molar-refractivity contribution in [2.75, 3.05) is 7.05 Å². The Balaban J connectivity index is 2.03. The molecule has 0 unspecified atom stereocenters. The van der Waals surface area contributed by atoms with E-state index in [4.69, 9.17) is 11.6 Å². The van der Waals surface area contributed by atoms with Gasteiger partial charge in [-0.1, -0.05) is 47.5 Å². The summed E-state index contributed by atoms with van der Waals surface area (Å²) in [5.74, 6) is 0.951. The Labute approximate surface area is 124 Å². The Morgan fingerprint density at radius 1 is 1.11 bits per heavy atom. The van der Waals surface area contributed by atoms with Gasteiger partial charge >= 0.3 is 0 Å². The number of thioether (sulfide) groups is 1. The van der Waals surface area contributed by atoms with Crippen molar-refractivity contribution in [1.82, 2.24) is 5.32 Å². The molecule has 2 aromatic carbocycles. The highest BCUT2D eigenvalue weighted by Gasteiger charge is 2.03. The van der Waals surface area contributed by atoms with E-state index < -0.39 is 0 Å². The van der Waals surface area contributed by atoms with Gasteiger partial charge in [-0.25, -0.2) is 0 Å². The third kappa shape index (κ3) is 4.27. The summed E-state index contributed by atoms with van der Waals surface area (Å²) in [4.78, 5) is 1.14. The minimum atomic E-state index is 0.838. The van der Waals surface area contributed by atoms with Gasteiger partial charge in [0.25, 0.3) is 0 Å². The van der Waals surface area contributed by atoms with Gasteiger partial charge in [-0.15, -0.1) is 11.8 Å². The maximum atomic E-state index is 6.31. The van der Waals surface area contributed by atoms with Crippen LogP contribution in [-0.2, 0) is 12.3 Å². The Morgan fingerprint density at radius 2 is 1.95 bits per heavy atom. The van der Waals surface area contributed by atoms with Crippen LogP contribution in [0.15, 0.2) is 47.4 Å². The van der Waals surface area contributed by atoms with Crippen molar-refractivity contribution in [2.24, 2.45) is 0 Å². The molecule has 0 fully saturated rings. The minimum absolute atomic E-state index is 0.838. The lowest BCUT2D eigenvalue weighted by molar-refractivity contribution is 0.817. The fraction of sp³-hybridized carbons (Fsp3) is 0.250. The van der Waals surface area contributed by atoms with Crippen LogP contribution >= 0.6 is 23.4 Å². The van der Waals surface area contributed by atoms with Crippen LogP contribution in [0.1, 0.15) is 16.7 Å². The first-order chi connectivity index (χ1) is 9.19. The second-order valence-electron chi connectivity index (χ2n) is 4.57. The van der Waals surface area contributed by atoms with Crippen molar-refractivity contribution in [3.63, 3.8) is 0 Å². The van der Waals surface area contributed by atoms with Crippen molar-refractivity contribution in [3.05, 3.63) is 64.2 Å². The van der Waals surface area contributed by atoms with E-state index in [0.717, 1.165) is 22.2 Å². The molecule has 2 aromatic rings. The molecular weight excluding hydrogens is 274 g/mol. The molecule has 1 nitrogen and oxygen atoms in total. The molecule has 0 bridgehead atoms. The molecule has 0 spiro atoms. The van der Waals surface area contributed by atoms with E-state index in [1.165, 1.54) is 16.7 Å². The number of nitrogens with one attached hydrogen (secondary N) is 1. The maximum Gasteiger partial charge on any atom is 0.0545 e. The average molecular weight is 292 g/mol. The molecule has 1 N–H and O–H groups in total. The van der Waals surface area contributed by atoms with E-state index in [1.807, 2.05) is 13.1 Å². The first kappa shape index (κ1) is 14.4. The van der Waals surface area contributed by atoms with Crippen LogP contribution in [0, 0.1) is 6.92 Å². The van der Waals surface area contributed by atoms with Crippen LogP contribution in [0.2, 0.25) is 5.02 Å². The number of hydrogen-bond acceptors (Lipinski definition) is 2. The van der Waals surface area contributed by atoms with Crippen molar-refractivity contribution in [3.8, 4) is 0 Å². The van der Waals surface area contributed by atoms with Crippen LogP contribution < -0.4 is 5.32 Å². The highest BCUT2D eigenvalue weighted by molar-refractivity contribution is 7.98. The quantitative estimate of drug-likeness (QED) is 0.804. The first-order valence-electron chi connectivity index (χ1n) is 6.30. The zero-order chi connectivity index (χ0) is 13.7. The molecule has 3 heteroatoms. The minimum Gasteiger partial charge on any atom is -0.316 e. The fourth-order valence-corrected chi connectivity index (χ4v) is 3.17. The van der Waals surface area contributed by atoms with Crippen molar-refractivity contribution >= 4 is 23.4 Å². The number of benzene rings is 2. The number of rotatable bonds is 5. The monoisotopic (exact) mass is 291 g/mol. The highest BCUT2D eigenvalue weighted by Crippen LogP contribution is 2.30. The summed E-state index contributed by atoms with van der Waals surface area (Å²) in [6, 6.07) is 14.9. The number of halogens is 1. The van der Waals surface area contributed by atoms with E-state index in [1.54, 1.807) is 11.8 Å². The summed E-state index contributed by atoms with van der Waals surface area (Å²) in [5, 5.41) is 3.97. The smallest absolute Gasteiger partial charge is 0.0545 e. The highest BCUT2D eigenvalue weighted by atomic mass is 35.5. The molecule has 0 radical (unpaired) electrons. The zero-order valence-corrected chi connectivity index (χ0v) is 12.8. The van der Waals surface area contributed by atoms with E-state index in [0.29, 0.717) is 0 Å². The average Bonchev–Trinajstić information content (AvgIpc) is 2.38. The number of aryl methyl sites for hydroxylation is 1. The largest absolute Gasteiger partial charge is 0.316 e. The molecule has 0 amide bonds. The summed E-state index contributed by atoms with van der Waals surface area (Å²) >= 11 is 8.10. The van der Waals surface area contributed by atoms with Gasteiger partial charge in [0.1, 0.15) is 0 Å². The molecule has 0 aliphatic carbocycles. The van der Waals surface area contributed by atoms with E-state index in [9.17, 15) is 0 Å². The first-order valence-corrected chi connectivity index (χ1v) is 7.67. The molecule has 0 saturated heterocycles. The van der Waals surface area contributed by atoms with E-state index in [2.05, 4.69) is 48.6 Å². The van der Waals surface area contributed by atoms with Crippen LogP contribution in [-0.4, -0.2) is 7.05 Å². The van der Waals surface area contributed by atoms with Gasteiger partial charge in [0.05, 0.1) is 5.02 Å². The van der Waals surface area contributed by atoms with Crippen LogP contribution in [0.5, 0.6) is 0 Å². The van der Waals surface area contributed by atoms with Gasteiger partial charge in [-0.3, -0.25) is 0 Å². The second kappa shape index (κ2) is 6.99. The molecule has 2 rings (SSSR count). The topological polar surface area (TPSA) is 12.0 Å². The van der Waals surface area contributed by atoms with Crippen molar-refractivity contribution in [2.45, 2.75) is 24.1 Å². The van der Waals surface area contributed by atoms with Gasteiger partial charge < -0.3 is 5.32 Å². The summed E-state index contributed by atoms with van der Waals surface area (Å²) in [5.41, 5.74) is 3.85. The van der Waals surface area contributed by atoms with Crippen LogP contribution in [0.25, 0.3) is 0 Å². The fourth-order valence-electron chi connectivity index (χ4n) is 1.94. The molecule has 0 aliphatic heterocycles. The Kier molecular flexibility index (Phi) is 5.32. The molecule has 100 valence electrons. The summed E-state index contributed by atoms with van der Waals surface area (Å²) in [7, 11) is 1.94. The van der Waals surface area contributed by atoms with Gasteiger partial charge in [0.15, 0.2) is 0 Å². The SMILES string of the molecule is CNCc1ccc(SCc2cccc(C)c2)c(Cl)c1. The predicted octanol–water partition coefficient (Wildman–Crippen LogP) is 4.66. The maximum absolute atomic E-state index is 6.31. The third-order valence-electron chi connectivity index (χ3n) is 2.85. The van der Waals surface area contributed by atoms with E-state index in [-0.39, 0.29) is 0 Å². The van der Waals surface area contributed by atoms with Gasteiger partial charge in [0, 0.05) is 17.2 Å². The summed E-state index contributed by atoms with van der Waals surface area (Å²) in [6.07, 6.45) is 0. The summed E-state index contributed by atoms with van der Waals surface area (Å²) in [6.45, 7) is 2.97. The van der Waals surface area contributed by atoms with Gasteiger partial charge in [-0.2, -0.15) is 0 Å². The molecular formula is C16H18ClNS. The lowest BCUT2D eigenvalue weighted by atomic mass is 10.2. The molecule has 0 aliphatic rings. The normalized spacial score (nSPS) is 10.7. The Morgan fingerprint density at radius 3 is 2.63 bits per heavy atom. The zero-order valence-electron chi connectivity index (χ0n) is 11.2. The van der Waals surface area contributed by atoms with Crippen LogP contribution in [0.4, 0.5) is 0 Å². The molecule has 0 saturated carbocycles. The molecule has 0 atom stereocenters. The lowest BCUT2D eigenvalue weighted by Gasteiger charge is -2.07. The Hall–Kier alpha value is -0.960. The van der Waals surface area contributed by atoms with Crippen molar-refractivity contribution in [1.29, 1.82) is 0 Å². The van der Waals surface area contributed by atoms with E-state index >= 15 is 0 Å². The summed E-state index contributed by atoms with van der Waals surface area (Å²) < 4.78 is 0.